The van der Waals surface area contributed by atoms with Crippen LogP contribution in [0.4, 0.5) is 5.69 Å². The number of fused-ring (bicyclic) bond motifs is 2. The van der Waals surface area contributed by atoms with E-state index in [1.54, 1.807) is 30.9 Å². The van der Waals surface area contributed by atoms with Crippen LogP contribution >= 0.6 is 11.3 Å². The van der Waals surface area contributed by atoms with E-state index in [9.17, 15) is 14.4 Å². The molecular weight excluding hydrogens is 486 g/mol. The smallest absolute Gasteiger partial charge is 0.338 e. The van der Waals surface area contributed by atoms with Crippen molar-refractivity contribution in [2.24, 2.45) is 4.99 Å². The summed E-state index contributed by atoms with van der Waals surface area (Å²) in [6.07, 6.45) is 5.33. The first kappa shape index (κ1) is 24.4. The molecular formula is C29H25N3O4S. The van der Waals surface area contributed by atoms with Gasteiger partial charge in [-0.3, -0.25) is 14.2 Å². The molecule has 37 heavy (non-hydrogen) atoms. The summed E-state index contributed by atoms with van der Waals surface area (Å²) in [6, 6.07) is 16.3. The number of nitrogens with zero attached hydrogens (tertiary/aromatic N) is 3. The molecule has 0 bridgehead atoms. The van der Waals surface area contributed by atoms with Crippen molar-refractivity contribution in [3.05, 3.63) is 115 Å². The largest absolute Gasteiger partial charge is 0.463 e. The molecule has 0 radical (unpaired) electrons. The van der Waals surface area contributed by atoms with E-state index < -0.39 is 12.0 Å². The first-order valence-corrected chi connectivity index (χ1v) is 12.8. The van der Waals surface area contributed by atoms with Crippen LogP contribution < -0.4 is 19.8 Å². The second-order valence-corrected chi connectivity index (χ2v) is 9.51. The summed E-state index contributed by atoms with van der Waals surface area (Å²) in [7, 11) is 0. The van der Waals surface area contributed by atoms with Crippen molar-refractivity contribution in [1.29, 1.82) is 0 Å². The van der Waals surface area contributed by atoms with Crippen molar-refractivity contribution in [3.8, 4) is 0 Å². The predicted octanol–water partition coefficient (Wildman–Crippen LogP) is 3.37. The van der Waals surface area contributed by atoms with E-state index in [0.29, 0.717) is 38.3 Å². The van der Waals surface area contributed by atoms with Gasteiger partial charge in [0, 0.05) is 12.1 Å². The predicted molar refractivity (Wildman–Crippen MR) is 145 cm³/mol. The fourth-order valence-corrected chi connectivity index (χ4v) is 5.79. The highest BCUT2D eigenvalue weighted by Gasteiger charge is 2.35. The monoisotopic (exact) mass is 511 g/mol. The van der Waals surface area contributed by atoms with Gasteiger partial charge >= 0.3 is 5.97 Å². The molecule has 2 aliphatic heterocycles. The third kappa shape index (κ3) is 4.19. The topological polar surface area (TPSA) is 81.0 Å². The highest BCUT2D eigenvalue weighted by atomic mass is 32.1. The summed E-state index contributed by atoms with van der Waals surface area (Å²) in [5, 5.41) is 0. The third-order valence-corrected chi connectivity index (χ3v) is 7.32. The van der Waals surface area contributed by atoms with Gasteiger partial charge in [-0.2, -0.15) is 0 Å². The SMILES string of the molecule is C=CCN1C(=O)C(=c2sc3n(c2=O)C(C=Cc2ccccc2)C(C(=O)OCC)=C(C)N=3)c2ccccc21. The fourth-order valence-electron chi connectivity index (χ4n) is 4.64. The molecule has 2 aliphatic rings. The van der Waals surface area contributed by atoms with Gasteiger partial charge in [0.25, 0.3) is 11.5 Å². The average molecular weight is 512 g/mol. The molecule has 0 N–H and O–H groups in total. The van der Waals surface area contributed by atoms with Crippen LogP contribution in [0.25, 0.3) is 11.6 Å². The van der Waals surface area contributed by atoms with Crippen molar-refractivity contribution in [2.45, 2.75) is 19.9 Å². The number of aromatic nitrogens is 1. The minimum Gasteiger partial charge on any atom is -0.463 e. The van der Waals surface area contributed by atoms with E-state index in [2.05, 4.69) is 11.6 Å². The Morgan fingerprint density at radius 1 is 1.14 bits per heavy atom. The molecule has 3 heterocycles. The molecule has 1 unspecified atom stereocenters. The Morgan fingerprint density at radius 2 is 1.86 bits per heavy atom. The Kier molecular flexibility index (Phi) is 6.58. The zero-order chi connectivity index (χ0) is 26.1. The quantitative estimate of drug-likeness (QED) is 0.376. The van der Waals surface area contributed by atoms with Gasteiger partial charge in [0.2, 0.25) is 0 Å². The number of hydrogen-bond acceptors (Lipinski definition) is 6. The van der Waals surface area contributed by atoms with Gasteiger partial charge in [-0.1, -0.05) is 78.1 Å². The van der Waals surface area contributed by atoms with Gasteiger partial charge in [-0.25, -0.2) is 9.79 Å². The van der Waals surface area contributed by atoms with Crippen molar-refractivity contribution in [3.63, 3.8) is 0 Å². The zero-order valence-electron chi connectivity index (χ0n) is 20.5. The van der Waals surface area contributed by atoms with Gasteiger partial charge in [-0.05, 0) is 25.5 Å². The van der Waals surface area contributed by atoms with Crippen LogP contribution in [0.15, 0.2) is 94.4 Å². The molecule has 7 nitrogen and oxygen atoms in total. The highest BCUT2D eigenvalue weighted by Crippen LogP contribution is 2.35. The fraction of sp³-hybridized carbons (Fsp3) is 0.172. The van der Waals surface area contributed by atoms with Gasteiger partial charge in [0.1, 0.15) is 4.53 Å². The van der Waals surface area contributed by atoms with Crippen LogP contribution in [0.2, 0.25) is 0 Å². The normalized spacial score (nSPS) is 18.1. The maximum Gasteiger partial charge on any atom is 0.338 e. The van der Waals surface area contributed by atoms with E-state index in [1.165, 1.54) is 4.57 Å². The Labute approximate surface area is 217 Å². The lowest BCUT2D eigenvalue weighted by molar-refractivity contribution is -0.139. The standard InChI is InChI=1S/C29H25N3O4S/c1-4-17-31-21-14-10-9-13-20(21)24(26(31)33)25-27(34)32-22(16-15-19-11-7-6-8-12-19)23(28(35)36-5-2)18(3)30-29(32)37-25/h4,6-16,22H,1,5,17H2,2-3H3. The summed E-state index contributed by atoms with van der Waals surface area (Å²) in [6.45, 7) is 7.76. The summed E-state index contributed by atoms with van der Waals surface area (Å²) in [4.78, 5) is 47.1. The second kappa shape index (κ2) is 9.99. The van der Waals surface area contributed by atoms with Crippen LogP contribution in [0, 0.1) is 0 Å². The van der Waals surface area contributed by atoms with Crippen molar-refractivity contribution in [2.75, 3.05) is 18.1 Å². The number of esters is 1. The van der Waals surface area contributed by atoms with Crippen LogP contribution in [0.3, 0.4) is 0 Å². The number of allylic oxidation sites excluding steroid dienone is 2. The number of carbonyl (C=O) groups excluding carboxylic acids is 2. The molecule has 0 fully saturated rings. The second-order valence-electron chi connectivity index (χ2n) is 8.53. The molecule has 5 rings (SSSR count). The molecule has 0 saturated heterocycles. The molecule has 0 aliphatic carbocycles. The number of thiazole rings is 1. The molecule has 1 amide bonds. The van der Waals surface area contributed by atoms with Crippen LogP contribution in [-0.2, 0) is 14.3 Å². The van der Waals surface area contributed by atoms with Crippen molar-refractivity contribution >= 4 is 40.5 Å². The van der Waals surface area contributed by atoms with Crippen LogP contribution in [0.1, 0.15) is 31.0 Å². The third-order valence-electron chi connectivity index (χ3n) is 6.27. The molecule has 0 spiro atoms. The molecule has 0 saturated carbocycles. The summed E-state index contributed by atoms with van der Waals surface area (Å²) >= 11 is 1.16. The Balaban J connectivity index is 1.75. The molecule has 3 aromatic rings. The van der Waals surface area contributed by atoms with E-state index in [0.717, 1.165) is 22.6 Å². The van der Waals surface area contributed by atoms with Crippen LogP contribution in [-0.4, -0.2) is 29.6 Å². The number of hydrogen-bond donors (Lipinski definition) is 0. The van der Waals surface area contributed by atoms with Gasteiger partial charge in [-0.15, -0.1) is 6.58 Å². The first-order valence-electron chi connectivity index (χ1n) is 11.9. The van der Waals surface area contributed by atoms with Gasteiger partial charge in [0.05, 0.1) is 35.2 Å². The van der Waals surface area contributed by atoms with Gasteiger partial charge in [0.15, 0.2) is 4.80 Å². The number of anilines is 1. The lowest BCUT2D eigenvalue weighted by atomic mass is 10.0. The minimum atomic E-state index is -0.735. The lowest BCUT2D eigenvalue weighted by Gasteiger charge is -2.21. The Bertz CT molecular complexity index is 1660. The molecule has 186 valence electrons. The van der Waals surface area contributed by atoms with E-state index in [1.807, 2.05) is 60.7 Å². The Morgan fingerprint density at radius 3 is 2.59 bits per heavy atom. The first-order chi connectivity index (χ1) is 18.0. The summed E-state index contributed by atoms with van der Waals surface area (Å²) < 4.78 is 7.10. The summed E-state index contributed by atoms with van der Waals surface area (Å²) in [5.41, 5.74) is 3.08. The maximum atomic E-state index is 14.0. The van der Waals surface area contributed by atoms with Gasteiger partial charge < -0.3 is 9.64 Å². The number of ether oxygens (including phenoxy) is 1. The zero-order valence-corrected chi connectivity index (χ0v) is 21.3. The molecule has 8 heteroatoms. The van der Waals surface area contributed by atoms with E-state index in [-0.39, 0.29) is 18.1 Å². The Hall–Kier alpha value is -4.30. The van der Waals surface area contributed by atoms with Crippen molar-refractivity contribution in [1.82, 2.24) is 4.57 Å². The molecule has 2 aromatic carbocycles. The maximum absolute atomic E-state index is 14.0. The number of benzene rings is 2. The minimum absolute atomic E-state index is 0.198. The number of carbonyl (C=O) groups is 2. The molecule has 1 atom stereocenters. The number of para-hydroxylation sites is 1. The van der Waals surface area contributed by atoms with Crippen LogP contribution in [0.5, 0.6) is 0 Å². The lowest BCUT2D eigenvalue weighted by Crippen LogP contribution is -2.40. The summed E-state index contributed by atoms with van der Waals surface area (Å²) in [5.74, 6) is -0.784. The van der Waals surface area contributed by atoms with E-state index in [4.69, 9.17) is 4.74 Å². The molecule has 1 aromatic heterocycles. The van der Waals surface area contributed by atoms with Crippen molar-refractivity contribution < 1.29 is 14.3 Å². The number of rotatable bonds is 6. The average Bonchev–Trinajstić information content (AvgIpc) is 3.36. The van der Waals surface area contributed by atoms with E-state index >= 15 is 0 Å². The highest BCUT2D eigenvalue weighted by molar-refractivity contribution is 7.07. The number of amides is 1.